The molecule has 7 nitrogen and oxygen atoms in total. The number of hydrazine groups is 1. The second-order valence-corrected chi connectivity index (χ2v) is 5.29. The maximum absolute atomic E-state index is 11.5. The summed E-state index contributed by atoms with van der Waals surface area (Å²) in [5, 5.41) is 2.97. The van der Waals surface area contributed by atoms with Gasteiger partial charge in [-0.2, -0.15) is 0 Å². The fraction of sp³-hybridized carbons (Fsp3) is 0.357. The van der Waals surface area contributed by atoms with Crippen molar-refractivity contribution in [2.75, 3.05) is 13.2 Å². The standard InChI is InChI=1S/C14H18ClN3O4/c1-9(2)7-16-13(20)14(21)18-17-12(19)8-22-11-5-3-10(15)4-6-11/h3-6,9H,7-8H2,1-2H3,(H,16,20)(H,17,19)(H,18,21). The van der Waals surface area contributed by atoms with Gasteiger partial charge in [-0.15, -0.1) is 0 Å². The molecule has 8 heteroatoms. The van der Waals surface area contributed by atoms with Crippen molar-refractivity contribution in [2.24, 2.45) is 5.92 Å². The quantitative estimate of drug-likeness (QED) is 0.546. The van der Waals surface area contributed by atoms with Gasteiger partial charge in [-0.1, -0.05) is 25.4 Å². The van der Waals surface area contributed by atoms with Gasteiger partial charge in [-0.25, -0.2) is 0 Å². The van der Waals surface area contributed by atoms with Gasteiger partial charge in [-0.3, -0.25) is 25.2 Å². The highest BCUT2D eigenvalue weighted by Gasteiger charge is 2.14. The van der Waals surface area contributed by atoms with Crippen molar-refractivity contribution in [1.82, 2.24) is 16.2 Å². The van der Waals surface area contributed by atoms with Crippen molar-refractivity contribution in [3.63, 3.8) is 0 Å². The molecule has 0 fully saturated rings. The average molecular weight is 328 g/mol. The van der Waals surface area contributed by atoms with Crippen LogP contribution in [-0.4, -0.2) is 30.9 Å². The Bertz CT molecular complexity index is 531. The van der Waals surface area contributed by atoms with Gasteiger partial charge < -0.3 is 10.1 Å². The monoisotopic (exact) mass is 327 g/mol. The summed E-state index contributed by atoms with van der Waals surface area (Å²) >= 11 is 5.71. The Kier molecular flexibility index (Phi) is 7.18. The first-order chi connectivity index (χ1) is 10.4. The molecule has 1 rings (SSSR count). The lowest BCUT2D eigenvalue weighted by molar-refractivity contribution is -0.141. The van der Waals surface area contributed by atoms with Crippen LogP contribution in [0.3, 0.4) is 0 Å². The van der Waals surface area contributed by atoms with Crippen molar-refractivity contribution in [3.8, 4) is 5.75 Å². The smallest absolute Gasteiger partial charge is 0.327 e. The van der Waals surface area contributed by atoms with E-state index in [0.29, 0.717) is 17.3 Å². The molecule has 3 N–H and O–H groups in total. The van der Waals surface area contributed by atoms with Gasteiger partial charge in [0.2, 0.25) is 0 Å². The van der Waals surface area contributed by atoms with Crippen molar-refractivity contribution in [1.29, 1.82) is 0 Å². The Labute approximate surface area is 133 Å². The largest absolute Gasteiger partial charge is 0.484 e. The molecule has 0 bridgehead atoms. The maximum atomic E-state index is 11.5. The topological polar surface area (TPSA) is 96.5 Å². The molecule has 0 aromatic heterocycles. The van der Waals surface area contributed by atoms with E-state index >= 15 is 0 Å². The summed E-state index contributed by atoms with van der Waals surface area (Å²) in [6.07, 6.45) is 0. The molecule has 22 heavy (non-hydrogen) atoms. The summed E-state index contributed by atoms with van der Waals surface area (Å²) in [5.41, 5.74) is 4.08. The van der Waals surface area contributed by atoms with Crippen LogP contribution in [-0.2, 0) is 14.4 Å². The third kappa shape index (κ3) is 6.94. The summed E-state index contributed by atoms with van der Waals surface area (Å²) in [5.74, 6) is -1.67. The van der Waals surface area contributed by atoms with Gasteiger partial charge in [0.1, 0.15) is 5.75 Å². The molecule has 0 aliphatic carbocycles. The number of hydrogen-bond acceptors (Lipinski definition) is 4. The van der Waals surface area contributed by atoms with E-state index in [4.69, 9.17) is 16.3 Å². The van der Waals surface area contributed by atoms with E-state index < -0.39 is 17.7 Å². The molecule has 1 aromatic carbocycles. The minimum atomic E-state index is -0.944. The number of ether oxygens (including phenoxy) is 1. The van der Waals surface area contributed by atoms with E-state index in [1.165, 1.54) is 0 Å². The molecule has 120 valence electrons. The van der Waals surface area contributed by atoms with Crippen molar-refractivity contribution in [2.45, 2.75) is 13.8 Å². The second kappa shape index (κ2) is 8.89. The van der Waals surface area contributed by atoms with Crippen molar-refractivity contribution >= 4 is 29.3 Å². The van der Waals surface area contributed by atoms with Gasteiger partial charge in [0, 0.05) is 11.6 Å². The highest BCUT2D eigenvalue weighted by Crippen LogP contribution is 2.15. The van der Waals surface area contributed by atoms with E-state index in [2.05, 4.69) is 10.7 Å². The van der Waals surface area contributed by atoms with Gasteiger partial charge in [-0.05, 0) is 30.2 Å². The Morgan fingerprint density at radius 3 is 2.32 bits per heavy atom. The molecule has 0 saturated heterocycles. The number of nitrogens with one attached hydrogen (secondary N) is 3. The number of benzene rings is 1. The molecule has 0 aliphatic heterocycles. The summed E-state index contributed by atoms with van der Waals surface area (Å²) in [7, 11) is 0. The van der Waals surface area contributed by atoms with Gasteiger partial charge in [0.25, 0.3) is 5.91 Å². The van der Waals surface area contributed by atoms with Crippen LogP contribution >= 0.6 is 11.6 Å². The normalized spacial score (nSPS) is 10.0. The third-order valence-corrected chi connectivity index (χ3v) is 2.63. The molecule has 0 unspecified atom stereocenters. The van der Waals surface area contributed by atoms with Gasteiger partial charge >= 0.3 is 11.8 Å². The molecule has 0 saturated carbocycles. The van der Waals surface area contributed by atoms with Crippen LogP contribution < -0.4 is 20.9 Å². The van der Waals surface area contributed by atoms with Crippen LogP contribution in [0.25, 0.3) is 0 Å². The molecule has 0 heterocycles. The van der Waals surface area contributed by atoms with E-state index in [0.717, 1.165) is 0 Å². The fourth-order valence-corrected chi connectivity index (χ4v) is 1.40. The molecule has 0 atom stereocenters. The maximum Gasteiger partial charge on any atom is 0.327 e. The van der Waals surface area contributed by atoms with E-state index in [1.54, 1.807) is 24.3 Å². The van der Waals surface area contributed by atoms with Crippen molar-refractivity contribution in [3.05, 3.63) is 29.3 Å². The number of hydrogen-bond donors (Lipinski definition) is 3. The zero-order valence-electron chi connectivity index (χ0n) is 12.3. The Balaban J connectivity index is 2.26. The summed E-state index contributed by atoms with van der Waals surface area (Å²) in [6, 6.07) is 6.45. The lowest BCUT2D eigenvalue weighted by Crippen LogP contribution is -2.50. The second-order valence-electron chi connectivity index (χ2n) is 4.85. The molecule has 0 spiro atoms. The van der Waals surface area contributed by atoms with E-state index in [9.17, 15) is 14.4 Å². The zero-order valence-corrected chi connectivity index (χ0v) is 13.1. The van der Waals surface area contributed by atoms with Crippen LogP contribution in [0, 0.1) is 5.92 Å². The number of amides is 3. The lowest BCUT2D eigenvalue weighted by Gasteiger charge is -2.10. The molecule has 0 aliphatic rings. The Morgan fingerprint density at radius 1 is 1.09 bits per heavy atom. The zero-order chi connectivity index (χ0) is 16.5. The van der Waals surface area contributed by atoms with Crippen LogP contribution in [0.15, 0.2) is 24.3 Å². The van der Waals surface area contributed by atoms with Crippen molar-refractivity contribution < 1.29 is 19.1 Å². The number of rotatable bonds is 5. The Morgan fingerprint density at radius 2 is 1.73 bits per heavy atom. The van der Waals surface area contributed by atoms with Gasteiger partial charge in [0.05, 0.1) is 0 Å². The van der Waals surface area contributed by atoms with E-state index in [1.807, 2.05) is 19.3 Å². The van der Waals surface area contributed by atoms with Gasteiger partial charge in [0.15, 0.2) is 6.61 Å². The van der Waals surface area contributed by atoms with E-state index in [-0.39, 0.29) is 12.5 Å². The first-order valence-electron chi connectivity index (χ1n) is 6.64. The third-order valence-electron chi connectivity index (χ3n) is 2.38. The van der Waals surface area contributed by atoms with Crippen LogP contribution in [0.2, 0.25) is 5.02 Å². The summed E-state index contributed by atoms with van der Waals surface area (Å²) in [4.78, 5) is 34.2. The lowest BCUT2D eigenvalue weighted by atomic mass is 10.2. The number of carbonyl (C=O) groups is 3. The molecule has 3 amide bonds. The minimum absolute atomic E-state index is 0.221. The molecule has 1 aromatic rings. The number of halogens is 1. The molecular weight excluding hydrogens is 310 g/mol. The highest BCUT2D eigenvalue weighted by atomic mass is 35.5. The minimum Gasteiger partial charge on any atom is -0.484 e. The van der Waals surface area contributed by atoms with Crippen LogP contribution in [0.5, 0.6) is 5.75 Å². The fourth-order valence-electron chi connectivity index (χ4n) is 1.28. The molecule has 0 radical (unpaired) electrons. The summed E-state index contributed by atoms with van der Waals surface area (Å²) < 4.78 is 5.17. The first kappa shape index (κ1) is 17.8. The van der Waals surface area contributed by atoms with Crippen LogP contribution in [0.1, 0.15) is 13.8 Å². The highest BCUT2D eigenvalue weighted by molar-refractivity contribution is 6.35. The SMILES string of the molecule is CC(C)CNC(=O)C(=O)NNC(=O)COc1ccc(Cl)cc1. The predicted octanol–water partition coefficient (Wildman–Crippen LogP) is 0.638. The van der Waals surface area contributed by atoms with Crippen LogP contribution in [0.4, 0.5) is 0 Å². The summed E-state index contributed by atoms with van der Waals surface area (Å²) in [6.45, 7) is 3.86. The predicted molar refractivity (Wildman–Crippen MR) is 81.1 cm³/mol. The average Bonchev–Trinajstić information content (AvgIpc) is 2.49. The Hall–Kier alpha value is -2.28. The number of carbonyl (C=O) groups excluding carboxylic acids is 3. The first-order valence-corrected chi connectivity index (χ1v) is 7.01. The molecular formula is C14H18ClN3O4.